The van der Waals surface area contributed by atoms with Gasteiger partial charge in [0.2, 0.25) is 10.0 Å². The summed E-state index contributed by atoms with van der Waals surface area (Å²) in [5.74, 6) is -2.41. The van der Waals surface area contributed by atoms with Crippen LogP contribution in [0.15, 0.2) is 12.1 Å². The van der Waals surface area contributed by atoms with Crippen molar-refractivity contribution in [2.45, 2.75) is 18.1 Å². The van der Waals surface area contributed by atoms with Crippen molar-refractivity contribution in [3.8, 4) is 0 Å². The van der Waals surface area contributed by atoms with Gasteiger partial charge >= 0.3 is 0 Å². The van der Waals surface area contributed by atoms with E-state index in [1.54, 1.807) is 0 Å². The Kier molecular flexibility index (Phi) is 2.49. The van der Waals surface area contributed by atoms with Gasteiger partial charge in [-0.3, -0.25) is 4.72 Å². The second-order valence-corrected chi connectivity index (χ2v) is 5.63. The molecule has 1 aromatic carbocycles. The minimum atomic E-state index is -3.64. The fraction of sp³-hybridized carbons (Fsp3) is 0.333. The number of halogens is 2. The second kappa shape index (κ2) is 3.58. The Balaban J connectivity index is 2.37. The maximum Gasteiger partial charge on any atom is 0.235 e. The molecule has 1 saturated carbocycles. The molecule has 2 rings (SSSR count). The predicted molar refractivity (Wildman–Crippen MR) is 56.3 cm³/mol. The van der Waals surface area contributed by atoms with Crippen LogP contribution in [0, 0.1) is 11.6 Å². The van der Waals surface area contributed by atoms with Crippen LogP contribution in [0.4, 0.5) is 20.2 Å². The highest BCUT2D eigenvalue weighted by molar-refractivity contribution is 7.93. The van der Waals surface area contributed by atoms with Gasteiger partial charge in [0, 0.05) is 0 Å². The maximum absolute atomic E-state index is 13.3. The molecule has 1 fully saturated rings. The number of rotatable bonds is 3. The number of hydrogen-bond acceptors (Lipinski definition) is 3. The molecule has 0 aliphatic heterocycles. The van der Waals surface area contributed by atoms with Crippen molar-refractivity contribution in [3.05, 3.63) is 23.8 Å². The summed E-state index contributed by atoms with van der Waals surface area (Å²) in [7, 11) is -3.64. The number of anilines is 2. The van der Waals surface area contributed by atoms with Crippen molar-refractivity contribution < 1.29 is 17.2 Å². The standard InChI is InChI=1S/C9H10F2N2O2S/c10-6-3-4-7(12)9(8(6)11)13-16(14,15)5-1-2-5/h3-5,13H,1-2,12H2. The van der Waals surface area contributed by atoms with Gasteiger partial charge in [-0.1, -0.05) is 0 Å². The normalized spacial score (nSPS) is 16.1. The molecule has 0 spiro atoms. The number of hydrogen-bond donors (Lipinski definition) is 2. The lowest BCUT2D eigenvalue weighted by molar-refractivity contribution is 0.512. The van der Waals surface area contributed by atoms with Crippen molar-refractivity contribution in [3.63, 3.8) is 0 Å². The maximum atomic E-state index is 13.3. The zero-order chi connectivity index (χ0) is 11.9. The third-order valence-corrected chi connectivity index (χ3v) is 4.17. The fourth-order valence-corrected chi connectivity index (χ4v) is 2.69. The minimum Gasteiger partial charge on any atom is -0.397 e. The summed E-state index contributed by atoms with van der Waals surface area (Å²) in [6, 6.07) is 1.96. The predicted octanol–water partition coefficient (Wildman–Crippen LogP) is 1.45. The van der Waals surface area contributed by atoms with Crippen LogP contribution < -0.4 is 10.5 Å². The first-order valence-electron chi connectivity index (χ1n) is 4.67. The molecular formula is C9H10F2N2O2S. The highest BCUT2D eigenvalue weighted by Crippen LogP contribution is 2.32. The molecule has 0 unspecified atom stereocenters. The van der Waals surface area contributed by atoms with Crippen LogP contribution in [-0.4, -0.2) is 13.7 Å². The van der Waals surface area contributed by atoms with E-state index in [0.717, 1.165) is 12.1 Å². The SMILES string of the molecule is Nc1ccc(F)c(F)c1NS(=O)(=O)C1CC1. The highest BCUT2D eigenvalue weighted by Gasteiger charge is 2.36. The van der Waals surface area contributed by atoms with Gasteiger partial charge in [-0.2, -0.15) is 0 Å². The number of benzene rings is 1. The number of nitrogen functional groups attached to an aromatic ring is 1. The molecule has 1 aliphatic rings. The minimum absolute atomic E-state index is 0.136. The summed E-state index contributed by atoms with van der Waals surface area (Å²) >= 11 is 0. The molecule has 0 amide bonds. The summed E-state index contributed by atoms with van der Waals surface area (Å²) in [5.41, 5.74) is 4.74. The highest BCUT2D eigenvalue weighted by atomic mass is 32.2. The van der Waals surface area contributed by atoms with E-state index in [0.29, 0.717) is 12.8 Å². The molecule has 3 N–H and O–H groups in total. The molecule has 0 atom stereocenters. The first-order chi connectivity index (χ1) is 7.42. The quantitative estimate of drug-likeness (QED) is 0.795. The summed E-state index contributed by atoms with van der Waals surface area (Å²) in [6.45, 7) is 0. The van der Waals surface area contributed by atoms with E-state index in [-0.39, 0.29) is 5.69 Å². The molecular weight excluding hydrogens is 238 g/mol. The van der Waals surface area contributed by atoms with Gasteiger partial charge in [0.25, 0.3) is 0 Å². The lowest BCUT2D eigenvalue weighted by Crippen LogP contribution is -2.19. The van der Waals surface area contributed by atoms with Gasteiger partial charge in [0.05, 0.1) is 10.9 Å². The van der Waals surface area contributed by atoms with Gasteiger partial charge in [0.15, 0.2) is 11.6 Å². The fourth-order valence-electron chi connectivity index (χ4n) is 1.27. The van der Waals surface area contributed by atoms with Gasteiger partial charge in [-0.25, -0.2) is 17.2 Å². The van der Waals surface area contributed by atoms with Crippen LogP contribution in [0.3, 0.4) is 0 Å². The molecule has 0 heterocycles. The van der Waals surface area contributed by atoms with E-state index in [9.17, 15) is 17.2 Å². The van der Waals surface area contributed by atoms with Gasteiger partial charge < -0.3 is 5.73 Å². The van der Waals surface area contributed by atoms with Crippen molar-refractivity contribution in [1.82, 2.24) is 0 Å². The first-order valence-corrected chi connectivity index (χ1v) is 6.21. The van der Waals surface area contributed by atoms with Crippen molar-refractivity contribution in [2.24, 2.45) is 0 Å². The van der Waals surface area contributed by atoms with Crippen molar-refractivity contribution >= 4 is 21.4 Å². The second-order valence-electron chi connectivity index (χ2n) is 3.67. The average Bonchev–Trinajstić information content (AvgIpc) is 3.02. The topological polar surface area (TPSA) is 72.2 Å². The van der Waals surface area contributed by atoms with Crippen LogP contribution >= 0.6 is 0 Å². The smallest absolute Gasteiger partial charge is 0.235 e. The largest absolute Gasteiger partial charge is 0.397 e. The molecule has 88 valence electrons. The number of nitrogens with one attached hydrogen (secondary N) is 1. The van der Waals surface area contributed by atoms with E-state index in [1.165, 1.54) is 0 Å². The van der Waals surface area contributed by atoms with Gasteiger partial charge in [-0.05, 0) is 25.0 Å². The van der Waals surface area contributed by atoms with Crippen LogP contribution in [0.2, 0.25) is 0 Å². The molecule has 0 aromatic heterocycles. The molecule has 4 nitrogen and oxygen atoms in total. The Labute approximate surface area is 91.5 Å². The number of nitrogens with two attached hydrogens (primary N) is 1. The molecule has 16 heavy (non-hydrogen) atoms. The Morgan fingerprint density at radius 3 is 2.50 bits per heavy atom. The summed E-state index contributed by atoms with van der Waals surface area (Å²) < 4.78 is 51.2. The van der Waals surface area contributed by atoms with Crippen LogP contribution in [0.25, 0.3) is 0 Å². The first kappa shape index (κ1) is 11.1. The van der Waals surface area contributed by atoms with Crippen LogP contribution in [-0.2, 0) is 10.0 Å². The zero-order valence-corrected chi connectivity index (χ0v) is 9.02. The van der Waals surface area contributed by atoms with Crippen LogP contribution in [0.5, 0.6) is 0 Å². The molecule has 0 bridgehead atoms. The van der Waals surface area contributed by atoms with Crippen molar-refractivity contribution in [1.29, 1.82) is 0 Å². The van der Waals surface area contributed by atoms with Crippen molar-refractivity contribution in [2.75, 3.05) is 10.5 Å². The van der Waals surface area contributed by atoms with Crippen LogP contribution in [0.1, 0.15) is 12.8 Å². The monoisotopic (exact) mass is 248 g/mol. The van der Waals surface area contributed by atoms with E-state index >= 15 is 0 Å². The Hall–Kier alpha value is -1.37. The van der Waals surface area contributed by atoms with E-state index < -0.39 is 32.6 Å². The summed E-state index contributed by atoms with van der Waals surface area (Å²) in [5, 5.41) is -0.519. The van der Waals surface area contributed by atoms with E-state index in [4.69, 9.17) is 5.73 Å². The average molecular weight is 248 g/mol. The molecule has 0 saturated heterocycles. The molecule has 0 radical (unpaired) electrons. The molecule has 7 heteroatoms. The summed E-state index contributed by atoms with van der Waals surface area (Å²) in [6.07, 6.45) is 1.07. The Bertz CT molecular complexity index is 527. The van der Waals surface area contributed by atoms with E-state index in [2.05, 4.69) is 0 Å². The molecule has 1 aliphatic carbocycles. The molecule has 1 aromatic rings. The third kappa shape index (κ3) is 1.95. The summed E-state index contributed by atoms with van der Waals surface area (Å²) in [4.78, 5) is 0. The zero-order valence-electron chi connectivity index (χ0n) is 8.20. The number of sulfonamides is 1. The Morgan fingerprint density at radius 1 is 1.31 bits per heavy atom. The lowest BCUT2D eigenvalue weighted by atomic mass is 10.2. The van der Waals surface area contributed by atoms with Gasteiger partial charge in [0.1, 0.15) is 5.69 Å². The van der Waals surface area contributed by atoms with E-state index in [1.807, 2.05) is 4.72 Å². The van der Waals surface area contributed by atoms with Gasteiger partial charge in [-0.15, -0.1) is 0 Å². The Morgan fingerprint density at radius 2 is 1.94 bits per heavy atom. The third-order valence-electron chi connectivity index (χ3n) is 2.33. The lowest BCUT2D eigenvalue weighted by Gasteiger charge is -2.10.